The fourth-order valence-electron chi connectivity index (χ4n) is 2.54. The molecule has 24 heavy (non-hydrogen) atoms. The van der Waals surface area contributed by atoms with Crippen molar-refractivity contribution in [3.63, 3.8) is 0 Å². The van der Waals surface area contributed by atoms with Gasteiger partial charge in [0.2, 0.25) is 5.91 Å². The molecule has 1 unspecified atom stereocenters. The zero-order valence-electron chi connectivity index (χ0n) is 13.5. The third-order valence-electron chi connectivity index (χ3n) is 3.83. The van der Waals surface area contributed by atoms with E-state index >= 15 is 0 Å². The smallest absolute Gasteiger partial charge is 0.303 e. The SMILES string of the molecule is CC(CCC(=O)O)NC(=O)Cc1ccc(S(=O)(=O)N2CCCC2)s1. The summed E-state index contributed by atoms with van der Waals surface area (Å²) in [6.45, 7) is 2.85. The zero-order valence-corrected chi connectivity index (χ0v) is 15.2. The molecule has 0 aromatic carbocycles. The van der Waals surface area contributed by atoms with E-state index in [0.717, 1.165) is 24.2 Å². The summed E-state index contributed by atoms with van der Waals surface area (Å²) in [5.74, 6) is -1.13. The first-order chi connectivity index (χ1) is 11.3. The first-order valence-corrected chi connectivity index (χ1v) is 10.1. The largest absolute Gasteiger partial charge is 0.481 e. The van der Waals surface area contributed by atoms with Crippen LogP contribution in [0.4, 0.5) is 0 Å². The van der Waals surface area contributed by atoms with Gasteiger partial charge in [0.25, 0.3) is 10.0 Å². The number of hydrogen-bond donors (Lipinski definition) is 2. The molecule has 0 spiro atoms. The minimum Gasteiger partial charge on any atom is -0.481 e. The third kappa shape index (κ3) is 5.02. The predicted octanol–water partition coefficient (Wildman–Crippen LogP) is 1.44. The van der Waals surface area contributed by atoms with Crippen LogP contribution < -0.4 is 5.32 Å². The van der Waals surface area contributed by atoms with Crippen LogP contribution in [0, 0.1) is 0 Å². The Labute approximate surface area is 145 Å². The lowest BCUT2D eigenvalue weighted by Gasteiger charge is -2.13. The number of carbonyl (C=O) groups excluding carboxylic acids is 1. The highest BCUT2D eigenvalue weighted by Gasteiger charge is 2.28. The van der Waals surface area contributed by atoms with Gasteiger partial charge in [0, 0.05) is 30.4 Å². The molecule has 2 heterocycles. The van der Waals surface area contributed by atoms with E-state index in [4.69, 9.17) is 5.11 Å². The summed E-state index contributed by atoms with van der Waals surface area (Å²) in [7, 11) is -3.44. The monoisotopic (exact) mass is 374 g/mol. The van der Waals surface area contributed by atoms with Gasteiger partial charge in [-0.25, -0.2) is 8.42 Å². The summed E-state index contributed by atoms with van der Waals surface area (Å²) in [4.78, 5) is 23.2. The van der Waals surface area contributed by atoms with Gasteiger partial charge in [-0.05, 0) is 38.3 Å². The Morgan fingerprint density at radius 1 is 1.33 bits per heavy atom. The molecule has 0 bridgehead atoms. The van der Waals surface area contributed by atoms with Crippen LogP contribution in [0.25, 0.3) is 0 Å². The molecule has 1 fully saturated rings. The van der Waals surface area contributed by atoms with E-state index < -0.39 is 16.0 Å². The number of sulfonamides is 1. The van der Waals surface area contributed by atoms with Gasteiger partial charge in [-0.1, -0.05) is 0 Å². The molecule has 134 valence electrons. The van der Waals surface area contributed by atoms with Crippen LogP contribution in [0.15, 0.2) is 16.3 Å². The minimum atomic E-state index is -3.44. The molecule has 2 N–H and O–H groups in total. The quantitative estimate of drug-likeness (QED) is 0.717. The van der Waals surface area contributed by atoms with Crippen LogP contribution in [-0.2, 0) is 26.0 Å². The van der Waals surface area contributed by atoms with Crippen molar-refractivity contribution in [2.75, 3.05) is 13.1 Å². The lowest BCUT2D eigenvalue weighted by Crippen LogP contribution is -2.33. The second-order valence-corrected chi connectivity index (χ2v) is 9.24. The molecular weight excluding hydrogens is 352 g/mol. The van der Waals surface area contributed by atoms with Crippen molar-refractivity contribution in [1.29, 1.82) is 0 Å². The molecule has 0 radical (unpaired) electrons. The molecule has 9 heteroatoms. The highest BCUT2D eigenvalue weighted by molar-refractivity contribution is 7.91. The lowest BCUT2D eigenvalue weighted by atomic mass is 10.2. The Hall–Kier alpha value is -1.45. The van der Waals surface area contributed by atoms with E-state index in [0.29, 0.717) is 24.4 Å². The molecule has 0 aliphatic carbocycles. The number of nitrogens with one attached hydrogen (secondary N) is 1. The number of aliphatic carboxylic acids is 1. The Morgan fingerprint density at radius 2 is 2.00 bits per heavy atom. The first kappa shape index (κ1) is 18.9. The Morgan fingerprint density at radius 3 is 2.62 bits per heavy atom. The van der Waals surface area contributed by atoms with Crippen LogP contribution in [0.1, 0.15) is 37.5 Å². The number of hydrogen-bond acceptors (Lipinski definition) is 5. The second kappa shape index (κ2) is 8.09. The summed E-state index contributed by atoms with van der Waals surface area (Å²) >= 11 is 1.12. The van der Waals surface area contributed by atoms with Gasteiger partial charge < -0.3 is 10.4 Å². The van der Waals surface area contributed by atoms with Crippen LogP contribution in [0.5, 0.6) is 0 Å². The van der Waals surface area contributed by atoms with E-state index in [9.17, 15) is 18.0 Å². The van der Waals surface area contributed by atoms with E-state index in [-0.39, 0.29) is 29.0 Å². The standard InChI is InChI=1S/C15H22N2O5S2/c1-11(4-6-14(19)20)16-13(18)10-12-5-7-15(23-12)24(21,22)17-8-2-3-9-17/h5,7,11H,2-4,6,8-10H2,1H3,(H,16,18)(H,19,20). The number of nitrogens with zero attached hydrogens (tertiary/aromatic N) is 1. The zero-order chi connectivity index (χ0) is 17.7. The Kier molecular flexibility index (Phi) is 6.36. The fourth-order valence-corrected chi connectivity index (χ4v) is 5.57. The van der Waals surface area contributed by atoms with Gasteiger partial charge in [-0.2, -0.15) is 4.31 Å². The molecule has 1 atom stereocenters. The van der Waals surface area contributed by atoms with E-state index in [1.165, 1.54) is 4.31 Å². The van der Waals surface area contributed by atoms with Crippen molar-refractivity contribution in [3.8, 4) is 0 Å². The summed E-state index contributed by atoms with van der Waals surface area (Å²) in [6.07, 6.45) is 2.22. The highest BCUT2D eigenvalue weighted by atomic mass is 32.2. The van der Waals surface area contributed by atoms with Crippen molar-refractivity contribution in [1.82, 2.24) is 9.62 Å². The topological polar surface area (TPSA) is 104 Å². The van der Waals surface area contributed by atoms with Crippen molar-refractivity contribution in [3.05, 3.63) is 17.0 Å². The van der Waals surface area contributed by atoms with Gasteiger partial charge in [0.1, 0.15) is 4.21 Å². The summed E-state index contributed by atoms with van der Waals surface area (Å²) in [6, 6.07) is 2.98. The predicted molar refractivity (Wildman–Crippen MR) is 90.5 cm³/mol. The van der Waals surface area contributed by atoms with Crippen LogP contribution in [-0.4, -0.2) is 48.8 Å². The normalized spacial score (nSPS) is 16.9. The van der Waals surface area contributed by atoms with Gasteiger partial charge in [0.15, 0.2) is 0 Å². The number of carbonyl (C=O) groups is 2. The number of carboxylic acids is 1. The second-order valence-electron chi connectivity index (χ2n) is 5.91. The lowest BCUT2D eigenvalue weighted by molar-refractivity contribution is -0.137. The summed E-state index contributed by atoms with van der Waals surface area (Å²) in [5.41, 5.74) is 0. The number of amides is 1. The first-order valence-electron chi connectivity index (χ1n) is 7.89. The number of rotatable bonds is 8. The maximum Gasteiger partial charge on any atom is 0.303 e. The number of thiophene rings is 1. The average molecular weight is 374 g/mol. The summed E-state index contributed by atoms with van der Waals surface area (Å²) < 4.78 is 26.6. The Balaban J connectivity index is 1.91. The van der Waals surface area contributed by atoms with Crippen molar-refractivity contribution in [2.45, 2.75) is 49.3 Å². The van der Waals surface area contributed by atoms with Crippen molar-refractivity contribution in [2.24, 2.45) is 0 Å². The van der Waals surface area contributed by atoms with Gasteiger partial charge in [-0.3, -0.25) is 9.59 Å². The van der Waals surface area contributed by atoms with Gasteiger partial charge >= 0.3 is 5.97 Å². The van der Waals surface area contributed by atoms with Crippen LogP contribution >= 0.6 is 11.3 Å². The Bertz CT molecular complexity index is 692. The van der Waals surface area contributed by atoms with Crippen LogP contribution in [0.3, 0.4) is 0 Å². The van der Waals surface area contributed by atoms with Crippen molar-refractivity contribution >= 4 is 33.2 Å². The van der Waals surface area contributed by atoms with Gasteiger partial charge in [-0.15, -0.1) is 11.3 Å². The third-order valence-corrected chi connectivity index (χ3v) is 7.28. The van der Waals surface area contributed by atoms with Crippen molar-refractivity contribution < 1.29 is 23.1 Å². The molecular formula is C15H22N2O5S2. The molecule has 1 aliphatic rings. The van der Waals surface area contributed by atoms with E-state index in [1.54, 1.807) is 19.1 Å². The fraction of sp³-hybridized carbons (Fsp3) is 0.600. The molecule has 1 aromatic rings. The molecule has 1 aliphatic heterocycles. The minimum absolute atomic E-state index is 0.00131. The maximum atomic E-state index is 12.4. The van der Waals surface area contributed by atoms with E-state index in [2.05, 4.69) is 5.32 Å². The maximum absolute atomic E-state index is 12.4. The number of carboxylic acid groups (broad SMARTS) is 1. The molecule has 1 aromatic heterocycles. The summed E-state index contributed by atoms with van der Waals surface area (Å²) in [5, 5.41) is 11.4. The van der Waals surface area contributed by atoms with Crippen LogP contribution in [0.2, 0.25) is 0 Å². The molecule has 7 nitrogen and oxygen atoms in total. The highest BCUT2D eigenvalue weighted by Crippen LogP contribution is 2.27. The van der Waals surface area contributed by atoms with E-state index in [1.807, 2.05) is 0 Å². The molecule has 0 saturated carbocycles. The molecule has 1 amide bonds. The molecule has 1 saturated heterocycles. The van der Waals surface area contributed by atoms with Gasteiger partial charge in [0.05, 0.1) is 6.42 Å². The molecule has 2 rings (SSSR count). The average Bonchev–Trinajstić information content (AvgIpc) is 3.16.